The van der Waals surface area contributed by atoms with Gasteiger partial charge in [0.05, 0.1) is 11.8 Å². The fourth-order valence-electron chi connectivity index (χ4n) is 2.45. The highest BCUT2D eigenvalue weighted by molar-refractivity contribution is 7.89. The van der Waals surface area contributed by atoms with Crippen LogP contribution in [0.2, 0.25) is 0 Å². The van der Waals surface area contributed by atoms with Crippen LogP contribution in [0.15, 0.2) is 58.2 Å². The van der Waals surface area contributed by atoms with E-state index in [1.165, 1.54) is 19.3 Å². The first-order chi connectivity index (χ1) is 11.3. The van der Waals surface area contributed by atoms with E-state index in [0.717, 1.165) is 10.9 Å². The zero-order valence-electron chi connectivity index (χ0n) is 13.4. The first kappa shape index (κ1) is 16.6. The predicted octanol–water partition coefficient (Wildman–Crippen LogP) is 2.32. The first-order valence-corrected chi connectivity index (χ1v) is 8.89. The van der Waals surface area contributed by atoms with Crippen molar-refractivity contribution >= 4 is 20.9 Å². The molecular formula is C17H18N2O4S. The molecule has 0 saturated carbocycles. The number of aliphatic hydroxyl groups is 1. The van der Waals surface area contributed by atoms with E-state index in [1.54, 1.807) is 24.4 Å². The molecule has 0 aliphatic heterocycles. The van der Waals surface area contributed by atoms with Gasteiger partial charge in [0.2, 0.25) is 10.0 Å². The van der Waals surface area contributed by atoms with Crippen LogP contribution in [-0.2, 0) is 15.6 Å². The molecule has 1 atom stereocenters. The van der Waals surface area contributed by atoms with Gasteiger partial charge in [0.15, 0.2) is 0 Å². The molecule has 0 amide bonds. The Morgan fingerprint density at radius 2 is 2.08 bits per heavy atom. The number of pyridine rings is 1. The molecule has 0 bridgehead atoms. The van der Waals surface area contributed by atoms with Crippen LogP contribution in [0.25, 0.3) is 10.9 Å². The lowest BCUT2D eigenvalue weighted by Gasteiger charge is -2.21. The van der Waals surface area contributed by atoms with Crippen molar-refractivity contribution in [3.8, 4) is 0 Å². The molecule has 0 aliphatic carbocycles. The lowest BCUT2D eigenvalue weighted by Crippen LogP contribution is -2.38. The van der Waals surface area contributed by atoms with Gasteiger partial charge in [0, 0.05) is 18.1 Å². The van der Waals surface area contributed by atoms with Crippen LogP contribution in [0.1, 0.15) is 18.2 Å². The molecule has 0 spiro atoms. The van der Waals surface area contributed by atoms with E-state index in [4.69, 9.17) is 4.42 Å². The van der Waals surface area contributed by atoms with Crippen LogP contribution in [0.3, 0.4) is 0 Å². The number of fused-ring (bicyclic) bond motifs is 1. The number of benzene rings is 1. The maximum absolute atomic E-state index is 12.7. The number of rotatable bonds is 5. The Hall–Kier alpha value is -2.22. The molecule has 1 aromatic carbocycles. The number of aryl methyl sites for hydroxylation is 1. The third-order valence-electron chi connectivity index (χ3n) is 3.76. The van der Waals surface area contributed by atoms with Crippen molar-refractivity contribution < 1.29 is 17.9 Å². The molecule has 7 heteroatoms. The van der Waals surface area contributed by atoms with Gasteiger partial charge in [-0.2, -0.15) is 0 Å². The number of hydrogen-bond donors (Lipinski definition) is 2. The summed E-state index contributed by atoms with van der Waals surface area (Å²) < 4.78 is 32.9. The average Bonchev–Trinajstić information content (AvgIpc) is 3.08. The third kappa shape index (κ3) is 3.19. The Bertz CT molecular complexity index is 963. The summed E-state index contributed by atoms with van der Waals surface area (Å²) in [6.07, 6.45) is 3.05. The van der Waals surface area contributed by atoms with Gasteiger partial charge in [-0.25, -0.2) is 13.1 Å². The summed E-state index contributed by atoms with van der Waals surface area (Å²) in [5, 5.41) is 11.1. The second-order valence-corrected chi connectivity index (χ2v) is 7.65. The fourth-order valence-corrected chi connectivity index (χ4v) is 3.75. The first-order valence-electron chi connectivity index (χ1n) is 7.41. The van der Waals surface area contributed by atoms with Gasteiger partial charge in [-0.15, -0.1) is 0 Å². The average molecular weight is 346 g/mol. The molecule has 2 heterocycles. The summed E-state index contributed by atoms with van der Waals surface area (Å²) in [7, 11) is -3.84. The van der Waals surface area contributed by atoms with E-state index < -0.39 is 15.6 Å². The minimum Gasteiger partial charge on any atom is -0.466 e. The van der Waals surface area contributed by atoms with Crippen LogP contribution >= 0.6 is 0 Å². The number of aromatic nitrogens is 1. The van der Waals surface area contributed by atoms with Crippen LogP contribution in [0.4, 0.5) is 0 Å². The smallest absolute Gasteiger partial charge is 0.242 e. The fraction of sp³-hybridized carbons (Fsp3) is 0.235. The molecule has 0 fully saturated rings. The Labute approximate surface area is 140 Å². The zero-order valence-corrected chi connectivity index (χ0v) is 14.2. The zero-order chi connectivity index (χ0) is 17.4. The van der Waals surface area contributed by atoms with Gasteiger partial charge >= 0.3 is 0 Å². The molecule has 126 valence electrons. The summed E-state index contributed by atoms with van der Waals surface area (Å²) >= 11 is 0. The largest absolute Gasteiger partial charge is 0.466 e. The summed E-state index contributed by atoms with van der Waals surface area (Å²) in [5.74, 6) is 0.289. The van der Waals surface area contributed by atoms with Crippen molar-refractivity contribution in [2.24, 2.45) is 0 Å². The Morgan fingerprint density at radius 3 is 2.79 bits per heavy atom. The minimum atomic E-state index is -3.84. The summed E-state index contributed by atoms with van der Waals surface area (Å²) in [6.45, 7) is 3.16. The summed E-state index contributed by atoms with van der Waals surface area (Å²) in [4.78, 5) is 4.32. The Kier molecular flexibility index (Phi) is 4.16. The van der Waals surface area contributed by atoms with Crippen molar-refractivity contribution in [3.63, 3.8) is 0 Å². The molecule has 2 aromatic heterocycles. The lowest BCUT2D eigenvalue weighted by atomic mass is 10.1. The number of nitrogens with zero attached hydrogens (tertiary/aromatic N) is 1. The number of sulfonamides is 1. The second-order valence-electron chi connectivity index (χ2n) is 5.92. The van der Waals surface area contributed by atoms with Gasteiger partial charge in [0.1, 0.15) is 16.3 Å². The molecule has 3 rings (SSSR count). The Morgan fingerprint density at radius 1 is 1.29 bits per heavy atom. The number of furan rings is 1. The van der Waals surface area contributed by atoms with E-state index in [2.05, 4.69) is 9.71 Å². The highest BCUT2D eigenvalue weighted by Crippen LogP contribution is 2.24. The number of para-hydroxylation sites is 1. The Balaban J connectivity index is 1.91. The molecule has 0 radical (unpaired) electrons. The minimum absolute atomic E-state index is 0.0789. The van der Waals surface area contributed by atoms with E-state index >= 15 is 0 Å². The lowest BCUT2D eigenvalue weighted by molar-refractivity contribution is 0.0395. The molecule has 0 saturated heterocycles. The van der Waals surface area contributed by atoms with Crippen molar-refractivity contribution in [1.82, 2.24) is 9.71 Å². The highest BCUT2D eigenvalue weighted by Gasteiger charge is 2.29. The van der Waals surface area contributed by atoms with Crippen LogP contribution in [-0.4, -0.2) is 25.1 Å². The SMILES string of the molecule is Cc1cnc2c(S(=O)(=O)NC[C@](C)(O)c3ccco3)cccc2c1. The molecule has 0 unspecified atom stereocenters. The number of nitrogens with one attached hydrogen (secondary N) is 1. The van der Waals surface area contributed by atoms with Crippen LogP contribution in [0, 0.1) is 6.92 Å². The van der Waals surface area contributed by atoms with Gasteiger partial charge in [-0.05, 0) is 43.7 Å². The topological polar surface area (TPSA) is 92.4 Å². The maximum atomic E-state index is 12.7. The maximum Gasteiger partial charge on any atom is 0.242 e. The van der Waals surface area contributed by atoms with Crippen LogP contribution in [0.5, 0.6) is 0 Å². The molecule has 2 N–H and O–H groups in total. The van der Waals surface area contributed by atoms with E-state index in [0.29, 0.717) is 5.52 Å². The second kappa shape index (κ2) is 6.01. The van der Waals surface area contributed by atoms with Gasteiger partial charge in [0.25, 0.3) is 0 Å². The third-order valence-corrected chi connectivity index (χ3v) is 5.19. The standard InChI is InChI=1S/C17H18N2O4S/c1-12-9-13-5-3-6-14(16(13)18-10-12)24(21,22)19-11-17(2,20)15-7-4-8-23-15/h3-10,19-20H,11H2,1-2H3/t17-/m0/s1. The molecule has 0 aliphatic rings. The van der Waals surface area contributed by atoms with E-state index in [1.807, 2.05) is 19.1 Å². The van der Waals surface area contributed by atoms with Crippen molar-refractivity contribution in [1.29, 1.82) is 0 Å². The van der Waals surface area contributed by atoms with Gasteiger partial charge in [-0.3, -0.25) is 4.98 Å². The summed E-state index contributed by atoms with van der Waals surface area (Å²) in [6, 6.07) is 10.1. The number of hydrogen-bond acceptors (Lipinski definition) is 5. The molecule has 6 nitrogen and oxygen atoms in total. The summed E-state index contributed by atoms with van der Waals surface area (Å²) in [5.41, 5.74) is -0.107. The monoisotopic (exact) mass is 346 g/mol. The van der Waals surface area contributed by atoms with Crippen molar-refractivity contribution in [2.75, 3.05) is 6.54 Å². The van der Waals surface area contributed by atoms with Crippen molar-refractivity contribution in [3.05, 3.63) is 60.2 Å². The van der Waals surface area contributed by atoms with E-state index in [-0.39, 0.29) is 17.2 Å². The normalized spacial score (nSPS) is 14.6. The quantitative estimate of drug-likeness (QED) is 0.740. The molecule has 3 aromatic rings. The molecular weight excluding hydrogens is 328 g/mol. The highest BCUT2D eigenvalue weighted by atomic mass is 32.2. The molecule has 24 heavy (non-hydrogen) atoms. The van der Waals surface area contributed by atoms with Crippen LogP contribution < -0.4 is 4.72 Å². The van der Waals surface area contributed by atoms with Crippen molar-refractivity contribution in [2.45, 2.75) is 24.3 Å². The van der Waals surface area contributed by atoms with E-state index in [9.17, 15) is 13.5 Å². The predicted molar refractivity (Wildman–Crippen MR) is 89.9 cm³/mol. The van der Waals surface area contributed by atoms with Gasteiger partial charge < -0.3 is 9.52 Å². The van der Waals surface area contributed by atoms with Gasteiger partial charge in [-0.1, -0.05) is 12.1 Å².